The summed E-state index contributed by atoms with van der Waals surface area (Å²) in [4.78, 5) is 0. The molecule has 0 saturated heterocycles. The summed E-state index contributed by atoms with van der Waals surface area (Å²) in [6.07, 6.45) is 0. The van der Waals surface area contributed by atoms with Crippen molar-refractivity contribution >= 4 is 23.2 Å². The van der Waals surface area contributed by atoms with Crippen LogP contribution in [0.1, 0.15) is 0 Å². The van der Waals surface area contributed by atoms with Crippen LogP contribution in [0.3, 0.4) is 0 Å². The summed E-state index contributed by atoms with van der Waals surface area (Å²) in [6, 6.07) is 13.8. The molecule has 3 nitrogen and oxygen atoms in total. The summed E-state index contributed by atoms with van der Waals surface area (Å²) >= 11 is 11.7. The summed E-state index contributed by atoms with van der Waals surface area (Å²) in [7, 11) is 0. The van der Waals surface area contributed by atoms with E-state index in [4.69, 9.17) is 23.2 Å². The number of nitrogens with zero attached hydrogens (tertiary/aromatic N) is 3. The average Bonchev–Trinajstić information content (AvgIpc) is 2.85. The van der Waals surface area contributed by atoms with E-state index in [2.05, 4.69) is 10.2 Å². The molecule has 1 heterocycles. The lowest BCUT2D eigenvalue weighted by atomic mass is 10.2. The largest absolute Gasteiger partial charge is 0.266 e. The van der Waals surface area contributed by atoms with E-state index >= 15 is 0 Å². The Morgan fingerprint density at radius 3 is 2.40 bits per heavy atom. The SMILES string of the molecule is Fc1cc(-n2c(Cl)nnc2-c2ccccc2)ccc1Cl. The highest BCUT2D eigenvalue weighted by Crippen LogP contribution is 2.26. The predicted molar refractivity (Wildman–Crippen MR) is 76.8 cm³/mol. The van der Waals surface area contributed by atoms with Crippen LogP contribution in [0.15, 0.2) is 48.5 Å². The van der Waals surface area contributed by atoms with Gasteiger partial charge in [-0.25, -0.2) is 4.39 Å². The highest BCUT2D eigenvalue weighted by Gasteiger charge is 2.15. The van der Waals surface area contributed by atoms with Crippen LogP contribution in [0.2, 0.25) is 10.3 Å². The lowest BCUT2D eigenvalue weighted by molar-refractivity contribution is 0.627. The van der Waals surface area contributed by atoms with Gasteiger partial charge in [-0.2, -0.15) is 0 Å². The van der Waals surface area contributed by atoms with Crippen LogP contribution < -0.4 is 0 Å². The Morgan fingerprint density at radius 1 is 0.950 bits per heavy atom. The monoisotopic (exact) mass is 307 g/mol. The molecule has 0 bridgehead atoms. The summed E-state index contributed by atoms with van der Waals surface area (Å²) < 4.78 is 15.2. The van der Waals surface area contributed by atoms with Crippen LogP contribution in [-0.2, 0) is 0 Å². The molecule has 0 radical (unpaired) electrons. The van der Waals surface area contributed by atoms with E-state index in [1.807, 2.05) is 30.3 Å². The first-order chi connectivity index (χ1) is 9.66. The van der Waals surface area contributed by atoms with Gasteiger partial charge in [-0.05, 0) is 29.8 Å². The minimum Gasteiger partial charge on any atom is -0.266 e. The van der Waals surface area contributed by atoms with Crippen molar-refractivity contribution in [3.63, 3.8) is 0 Å². The van der Waals surface area contributed by atoms with Crippen LogP contribution >= 0.6 is 23.2 Å². The van der Waals surface area contributed by atoms with Crippen molar-refractivity contribution in [1.29, 1.82) is 0 Å². The molecule has 0 fully saturated rings. The average molecular weight is 308 g/mol. The predicted octanol–water partition coefficient (Wildman–Crippen LogP) is 4.38. The first-order valence-electron chi connectivity index (χ1n) is 5.78. The number of halogens is 3. The molecule has 0 aliphatic carbocycles. The third-order valence-corrected chi connectivity index (χ3v) is 3.37. The van der Waals surface area contributed by atoms with Crippen LogP contribution in [-0.4, -0.2) is 14.8 Å². The normalized spacial score (nSPS) is 10.8. The summed E-state index contributed by atoms with van der Waals surface area (Å²) in [5, 5.41) is 8.10. The quantitative estimate of drug-likeness (QED) is 0.703. The zero-order valence-corrected chi connectivity index (χ0v) is 11.6. The number of hydrogen-bond acceptors (Lipinski definition) is 2. The van der Waals surface area contributed by atoms with Gasteiger partial charge in [0.2, 0.25) is 5.28 Å². The highest BCUT2D eigenvalue weighted by atomic mass is 35.5. The second-order valence-corrected chi connectivity index (χ2v) is 4.84. The molecule has 0 atom stereocenters. The molecule has 0 spiro atoms. The van der Waals surface area contributed by atoms with Gasteiger partial charge in [0.1, 0.15) is 5.82 Å². The van der Waals surface area contributed by atoms with Crippen molar-refractivity contribution < 1.29 is 4.39 Å². The molecule has 6 heteroatoms. The maximum atomic E-state index is 13.6. The minimum absolute atomic E-state index is 0.0548. The van der Waals surface area contributed by atoms with Crippen molar-refractivity contribution in [1.82, 2.24) is 14.8 Å². The van der Waals surface area contributed by atoms with Gasteiger partial charge in [0.15, 0.2) is 5.82 Å². The molecule has 0 aliphatic heterocycles. The topological polar surface area (TPSA) is 30.7 Å². The van der Waals surface area contributed by atoms with Crippen molar-refractivity contribution in [2.45, 2.75) is 0 Å². The first-order valence-corrected chi connectivity index (χ1v) is 6.54. The molecule has 0 aliphatic rings. The fraction of sp³-hybridized carbons (Fsp3) is 0. The summed E-state index contributed by atoms with van der Waals surface area (Å²) in [6.45, 7) is 0. The maximum Gasteiger partial charge on any atom is 0.229 e. The van der Waals surface area contributed by atoms with Crippen molar-refractivity contribution in [2.24, 2.45) is 0 Å². The van der Waals surface area contributed by atoms with E-state index < -0.39 is 5.82 Å². The molecular formula is C14H8Cl2FN3. The van der Waals surface area contributed by atoms with Crippen LogP contribution in [0.25, 0.3) is 17.1 Å². The molecule has 0 unspecified atom stereocenters. The number of hydrogen-bond donors (Lipinski definition) is 0. The summed E-state index contributed by atoms with van der Waals surface area (Å²) in [5.74, 6) is 0.0188. The fourth-order valence-corrected chi connectivity index (χ4v) is 2.23. The first kappa shape index (κ1) is 13.1. The van der Waals surface area contributed by atoms with Crippen LogP contribution in [0.4, 0.5) is 4.39 Å². The van der Waals surface area contributed by atoms with E-state index in [1.54, 1.807) is 10.6 Å². The molecule has 0 N–H and O–H groups in total. The highest BCUT2D eigenvalue weighted by molar-refractivity contribution is 6.30. The number of aromatic nitrogens is 3. The van der Waals surface area contributed by atoms with Crippen LogP contribution in [0.5, 0.6) is 0 Å². The van der Waals surface area contributed by atoms with Gasteiger partial charge >= 0.3 is 0 Å². The zero-order chi connectivity index (χ0) is 14.1. The van der Waals surface area contributed by atoms with Gasteiger partial charge in [-0.15, -0.1) is 10.2 Å². The van der Waals surface area contributed by atoms with Gasteiger partial charge < -0.3 is 0 Å². The second kappa shape index (κ2) is 5.23. The van der Waals surface area contributed by atoms with Gasteiger partial charge in [0.25, 0.3) is 0 Å². The molecule has 0 amide bonds. The molecule has 20 heavy (non-hydrogen) atoms. The lowest BCUT2D eigenvalue weighted by Gasteiger charge is -2.08. The maximum absolute atomic E-state index is 13.6. The fourth-order valence-electron chi connectivity index (χ4n) is 1.89. The Morgan fingerprint density at radius 2 is 1.70 bits per heavy atom. The molecule has 0 saturated carbocycles. The van der Waals surface area contributed by atoms with E-state index in [9.17, 15) is 4.39 Å². The van der Waals surface area contributed by atoms with E-state index in [0.717, 1.165) is 5.56 Å². The Hall–Kier alpha value is -1.91. The van der Waals surface area contributed by atoms with E-state index in [0.29, 0.717) is 11.5 Å². The molecule has 1 aromatic heterocycles. The van der Waals surface area contributed by atoms with Gasteiger partial charge in [-0.3, -0.25) is 4.57 Å². The molecule has 3 rings (SSSR count). The lowest BCUT2D eigenvalue weighted by Crippen LogP contribution is -1.98. The van der Waals surface area contributed by atoms with Crippen molar-refractivity contribution in [3.8, 4) is 17.1 Å². The Balaban J connectivity index is 2.19. The molecular weight excluding hydrogens is 300 g/mol. The summed E-state index contributed by atoms with van der Waals surface area (Å²) in [5.41, 5.74) is 1.35. The van der Waals surface area contributed by atoms with Gasteiger partial charge in [-0.1, -0.05) is 41.9 Å². The van der Waals surface area contributed by atoms with Gasteiger partial charge in [0, 0.05) is 5.56 Å². The molecule has 3 aromatic rings. The third kappa shape index (κ3) is 2.28. The smallest absolute Gasteiger partial charge is 0.229 e. The zero-order valence-electron chi connectivity index (χ0n) is 10.1. The van der Waals surface area contributed by atoms with Crippen molar-refractivity contribution in [2.75, 3.05) is 0 Å². The van der Waals surface area contributed by atoms with E-state index in [1.165, 1.54) is 12.1 Å². The Bertz CT molecular complexity index is 756. The number of benzene rings is 2. The third-order valence-electron chi connectivity index (χ3n) is 2.82. The standard InChI is InChI=1S/C14H8Cl2FN3/c15-11-7-6-10(8-12(11)17)20-13(18-19-14(20)16)9-4-2-1-3-5-9/h1-8H. The van der Waals surface area contributed by atoms with Gasteiger partial charge in [0.05, 0.1) is 10.7 Å². The Kier molecular flexibility index (Phi) is 3.42. The molecule has 2 aromatic carbocycles. The van der Waals surface area contributed by atoms with Crippen molar-refractivity contribution in [3.05, 3.63) is 64.7 Å². The Labute approximate surface area is 124 Å². The molecule has 100 valence electrons. The second-order valence-electron chi connectivity index (χ2n) is 4.09. The number of rotatable bonds is 2. The van der Waals surface area contributed by atoms with Crippen LogP contribution in [0, 0.1) is 5.82 Å². The van der Waals surface area contributed by atoms with E-state index in [-0.39, 0.29) is 10.3 Å². The minimum atomic E-state index is -0.520.